The number of aryl methyl sites for hydroxylation is 2. The van der Waals surface area contributed by atoms with E-state index in [2.05, 4.69) is 36.2 Å². The molecule has 1 fully saturated rings. The Bertz CT molecular complexity index is 494. The number of fused-ring (bicyclic) bond motifs is 1. The Morgan fingerprint density at radius 1 is 1.28 bits per heavy atom. The number of hydrogen-bond donors (Lipinski definition) is 0. The van der Waals surface area contributed by atoms with E-state index in [1.807, 2.05) is 0 Å². The van der Waals surface area contributed by atoms with Gasteiger partial charge in [-0.1, -0.05) is 18.2 Å². The third-order valence-corrected chi connectivity index (χ3v) is 4.28. The van der Waals surface area contributed by atoms with Crippen molar-refractivity contribution in [1.82, 2.24) is 4.90 Å². The summed E-state index contributed by atoms with van der Waals surface area (Å²) in [5.41, 5.74) is 4.46. The molecule has 0 heterocycles. The maximum atomic E-state index is 9.12. The first-order valence-electron chi connectivity index (χ1n) is 6.91. The fraction of sp³-hybridized carbons (Fsp3) is 0.562. The molecule has 18 heavy (non-hydrogen) atoms. The molecule has 0 unspecified atom stereocenters. The van der Waals surface area contributed by atoms with Gasteiger partial charge in [-0.15, -0.1) is 0 Å². The summed E-state index contributed by atoms with van der Waals surface area (Å²) in [7, 11) is 2.13. The van der Waals surface area contributed by atoms with Crippen molar-refractivity contribution in [3.8, 4) is 6.07 Å². The highest BCUT2D eigenvalue weighted by atomic mass is 15.1. The highest BCUT2D eigenvalue weighted by Gasteiger charge is 2.43. The Morgan fingerprint density at radius 3 is 2.78 bits per heavy atom. The smallest absolute Gasteiger partial charge is 0.0703 e. The Kier molecular flexibility index (Phi) is 2.87. The lowest BCUT2D eigenvalue weighted by atomic mass is 10.1. The lowest BCUT2D eigenvalue weighted by Crippen LogP contribution is -2.25. The SMILES string of the molecule is CN(Cc1ccc2c(c1)CCC2)CC1(C#N)CC1. The summed E-state index contributed by atoms with van der Waals surface area (Å²) in [4.78, 5) is 2.30. The first-order chi connectivity index (χ1) is 8.71. The van der Waals surface area contributed by atoms with Gasteiger partial charge >= 0.3 is 0 Å². The van der Waals surface area contributed by atoms with Crippen LogP contribution in [0.3, 0.4) is 0 Å². The van der Waals surface area contributed by atoms with Crippen molar-refractivity contribution in [2.45, 2.75) is 38.6 Å². The lowest BCUT2D eigenvalue weighted by Gasteiger charge is -2.19. The summed E-state index contributed by atoms with van der Waals surface area (Å²) >= 11 is 0. The van der Waals surface area contributed by atoms with Crippen molar-refractivity contribution in [2.75, 3.05) is 13.6 Å². The van der Waals surface area contributed by atoms with Crippen molar-refractivity contribution >= 4 is 0 Å². The largest absolute Gasteiger partial charge is 0.301 e. The van der Waals surface area contributed by atoms with Gasteiger partial charge in [-0.3, -0.25) is 0 Å². The van der Waals surface area contributed by atoms with Gasteiger partial charge in [-0.05, 0) is 55.8 Å². The maximum absolute atomic E-state index is 9.12. The summed E-state index contributed by atoms with van der Waals surface area (Å²) in [5.74, 6) is 0. The van der Waals surface area contributed by atoms with Crippen LogP contribution < -0.4 is 0 Å². The third kappa shape index (κ3) is 2.28. The van der Waals surface area contributed by atoms with Crippen LogP contribution in [-0.2, 0) is 19.4 Å². The fourth-order valence-corrected chi connectivity index (χ4v) is 3.06. The minimum absolute atomic E-state index is 0.0223. The van der Waals surface area contributed by atoms with Gasteiger partial charge < -0.3 is 4.90 Å². The number of nitriles is 1. The molecule has 0 aromatic heterocycles. The van der Waals surface area contributed by atoms with Gasteiger partial charge in [0.05, 0.1) is 11.5 Å². The van der Waals surface area contributed by atoms with E-state index in [9.17, 15) is 0 Å². The van der Waals surface area contributed by atoms with E-state index < -0.39 is 0 Å². The van der Waals surface area contributed by atoms with E-state index in [4.69, 9.17) is 5.26 Å². The van der Waals surface area contributed by atoms with E-state index in [0.29, 0.717) is 0 Å². The van der Waals surface area contributed by atoms with E-state index in [1.165, 1.54) is 30.4 Å². The van der Waals surface area contributed by atoms with Gasteiger partial charge in [-0.25, -0.2) is 0 Å². The molecule has 0 aliphatic heterocycles. The Balaban J connectivity index is 1.64. The van der Waals surface area contributed by atoms with Gasteiger partial charge in [0.2, 0.25) is 0 Å². The molecule has 0 atom stereocenters. The first kappa shape index (κ1) is 11.7. The van der Waals surface area contributed by atoms with Crippen molar-refractivity contribution in [1.29, 1.82) is 5.26 Å². The first-order valence-corrected chi connectivity index (χ1v) is 6.91. The minimum atomic E-state index is -0.0223. The third-order valence-electron chi connectivity index (χ3n) is 4.28. The van der Waals surface area contributed by atoms with Crippen LogP contribution in [0.4, 0.5) is 0 Å². The van der Waals surface area contributed by atoms with E-state index in [0.717, 1.165) is 25.9 Å². The summed E-state index contributed by atoms with van der Waals surface area (Å²) < 4.78 is 0. The standard InChI is InChI=1S/C16H20N2/c1-18(12-16(11-17)7-8-16)10-13-5-6-14-3-2-4-15(14)9-13/h5-6,9H,2-4,7-8,10,12H2,1H3. The molecule has 3 rings (SSSR count). The molecule has 1 saturated carbocycles. The molecule has 0 N–H and O–H groups in total. The number of rotatable bonds is 4. The zero-order valence-electron chi connectivity index (χ0n) is 11.1. The fourth-order valence-electron chi connectivity index (χ4n) is 3.06. The average molecular weight is 240 g/mol. The van der Waals surface area contributed by atoms with Crippen molar-refractivity contribution in [3.05, 3.63) is 34.9 Å². The van der Waals surface area contributed by atoms with Crippen molar-refractivity contribution in [3.63, 3.8) is 0 Å². The summed E-state index contributed by atoms with van der Waals surface area (Å²) in [6, 6.07) is 9.39. The predicted molar refractivity (Wildman–Crippen MR) is 72.1 cm³/mol. The van der Waals surface area contributed by atoms with Gasteiger partial charge in [0.15, 0.2) is 0 Å². The van der Waals surface area contributed by atoms with Crippen LogP contribution in [0.2, 0.25) is 0 Å². The zero-order chi connectivity index (χ0) is 12.6. The monoisotopic (exact) mass is 240 g/mol. The molecule has 0 radical (unpaired) electrons. The van der Waals surface area contributed by atoms with E-state index >= 15 is 0 Å². The number of nitrogens with zero attached hydrogens (tertiary/aromatic N) is 2. The molecule has 1 aromatic rings. The molecule has 0 bridgehead atoms. The van der Waals surface area contributed by atoms with Crippen LogP contribution in [0.25, 0.3) is 0 Å². The van der Waals surface area contributed by atoms with Crippen molar-refractivity contribution in [2.24, 2.45) is 5.41 Å². The molecule has 0 amide bonds. The summed E-state index contributed by atoms with van der Waals surface area (Å²) in [6.07, 6.45) is 5.97. The molecule has 94 valence electrons. The van der Waals surface area contributed by atoms with E-state index in [1.54, 1.807) is 5.56 Å². The molecular formula is C16H20N2. The molecule has 2 aliphatic carbocycles. The minimum Gasteiger partial charge on any atom is -0.301 e. The molecule has 1 aromatic carbocycles. The molecule has 2 aliphatic rings. The van der Waals surface area contributed by atoms with Crippen LogP contribution in [-0.4, -0.2) is 18.5 Å². The van der Waals surface area contributed by atoms with Crippen LogP contribution >= 0.6 is 0 Å². The Hall–Kier alpha value is -1.33. The van der Waals surface area contributed by atoms with Gasteiger partial charge in [0, 0.05) is 13.1 Å². The lowest BCUT2D eigenvalue weighted by molar-refractivity contribution is 0.286. The molecule has 2 nitrogen and oxygen atoms in total. The van der Waals surface area contributed by atoms with Crippen LogP contribution in [0, 0.1) is 16.7 Å². The molecule has 2 heteroatoms. The van der Waals surface area contributed by atoms with Crippen LogP contribution in [0.1, 0.15) is 36.0 Å². The molecule has 0 saturated heterocycles. The molecular weight excluding hydrogens is 220 g/mol. The van der Waals surface area contributed by atoms with Gasteiger partial charge in [0.25, 0.3) is 0 Å². The Morgan fingerprint density at radius 2 is 2.06 bits per heavy atom. The predicted octanol–water partition coefficient (Wildman–Crippen LogP) is 2.91. The highest BCUT2D eigenvalue weighted by molar-refractivity contribution is 5.35. The van der Waals surface area contributed by atoms with Gasteiger partial charge in [-0.2, -0.15) is 5.26 Å². The molecule has 0 spiro atoms. The second-order valence-corrected chi connectivity index (χ2v) is 6.02. The maximum Gasteiger partial charge on any atom is 0.0703 e. The average Bonchev–Trinajstić information content (AvgIpc) is 2.97. The quantitative estimate of drug-likeness (QED) is 0.809. The second kappa shape index (κ2) is 4.40. The number of benzene rings is 1. The number of hydrogen-bond acceptors (Lipinski definition) is 2. The summed E-state index contributed by atoms with van der Waals surface area (Å²) in [6.45, 7) is 1.89. The topological polar surface area (TPSA) is 27.0 Å². The van der Waals surface area contributed by atoms with Crippen LogP contribution in [0.15, 0.2) is 18.2 Å². The normalized spacial score (nSPS) is 19.6. The van der Waals surface area contributed by atoms with Crippen molar-refractivity contribution < 1.29 is 0 Å². The Labute approximate surface area is 109 Å². The highest BCUT2D eigenvalue weighted by Crippen LogP contribution is 2.45. The zero-order valence-corrected chi connectivity index (χ0v) is 11.1. The van der Waals surface area contributed by atoms with Crippen LogP contribution in [0.5, 0.6) is 0 Å². The summed E-state index contributed by atoms with van der Waals surface area (Å²) in [5, 5.41) is 9.12. The van der Waals surface area contributed by atoms with Gasteiger partial charge in [0.1, 0.15) is 0 Å². The van der Waals surface area contributed by atoms with E-state index in [-0.39, 0.29) is 5.41 Å². The second-order valence-electron chi connectivity index (χ2n) is 6.02.